The molecular weight excluding hydrogens is 766 g/mol. The van der Waals surface area contributed by atoms with Crippen LogP contribution in [0.5, 0.6) is 23.0 Å². The number of benzene rings is 2. The van der Waals surface area contributed by atoms with Crippen LogP contribution in [-0.2, 0) is 23.8 Å². The molecule has 5 bridgehead atoms. The lowest BCUT2D eigenvalue weighted by Crippen LogP contribution is -2.46. The molecule has 0 aliphatic carbocycles. The first-order chi connectivity index (χ1) is 27.7. The Balaban J connectivity index is 1.71. The Morgan fingerprint density at radius 1 is 0.983 bits per heavy atom. The van der Waals surface area contributed by atoms with E-state index in [2.05, 4.69) is 10.4 Å². The topological polar surface area (TPSA) is 237 Å². The fourth-order valence-corrected chi connectivity index (χ4v) is 8.05. The van der Waals surface area contributed by atoms with Gasteiger partial charge in [-0.2, -0.15) is 5.10 Å². The average molecular weight is 824 g/mol. The molecule has 1 saturated heterocycles. The number of phenolic OH excluding ortho intramolecular Hbond substituents is 3. The summed E-state index contributed by atoms with van der Waals surface area (Å²) in [7, 11) is 1.43. The lowest BCUT2D eigenvalue weighted by molar-refractivity contribution is -0.160. The number of hydrazone groups is 1. The Morgan fingerprint density at radius 3 is 2.32 bits per heavy atom. The highest BCUT2D eigenvalue weighted by Crippen LogP contribution is 2.55. The molecule has 0 spiro atoms. The van der Waals surface area contributed by atoms with Crippen molar-refractivity contribution in [2.75, 3.05) is 25.5 Å². The number of hydrogen-bond donors (Lipinski definition) is 7. The monoisotopic (exact) mass is 823 g/mol. The van der Waals surface area contributed by atoms with Crippen molar-refractivity contribution in [3.8, 4) is 23.0 Å². The maximum Gasteiger partial charge on any atom is 0.312 e. The molecule has 4 aliphatic rings. The third-order valence-electron chi connectivity index (χ3n) is 11.8. The highest BCUT2D eigenvalue weighted by Gasteiger charge is 2.50. The van der Waals surface area contributed by atoms with Crippen LogP contribution in [0.2, 0.25) is 0 Å². The smallest absolute Gasteiger partial charge is 0.312 e. The van der Waals surface area contributed by atoms with Gasteiger partial charge in [-0.3, -0.25) is 19.4 Å². The molecule has 4 aliphatic heterocycles. The molecule has 0 saturated carbocycles. The van der Waals surface area contributed by atoms with Crippen molar-refractivity contribution in [2.24, 2.45) is 28.8 Å². The lowest BCUT2D eigenvalue weighted by atomic mass is 9.78. The second-order valence-corrected chi connectivity index (χ2v) is 16.1. The van der Waals surface area contributed by atoms with E-state index < -0.39 is 94.9 Å². The third kappa shape index (κ3) is 8.91. The van der Waals surface area contributed by atoms with E-state index in [1.807, 2.05) is 0 Å². The normalized spacial score (nSPS) is 33.0. The first kappa shape index (κ1) is 44.9. The maximum atomic E-state index is 14.4. The van der Waals surface area contributed by atoms with Crippen molar-refractivity contribution in [2.45, 2.75) is 105 Å². The van der Waals surface area contributed by atoms with E-state index in [-0.39, 0.29) is 51.0 Å². The SMILES string of the molecule is COC1/C=C/OC2(C)Oc3c(C)c(O)c4c(O)c(c(/C=N\N5CCCC(O)C5)c(O)c4c3C2=O)NC(=O)/C(C)=C/C=C/C(C)C(O)C(C)C(O)C(C)C(OC(C)=O)C1C. The van der Waals surface area contributed by atoms with Crippen molar-refractivity contribution in [1.29, 1.82) is 0 Å². The number of phenols is 3. The number of piperidine rings is 1. The summed E-state index contributed by atoms with van der Waals surface area (Å²) in [5.74, 6) is -8.63. The van der Waals surface area contributed by atoms with E-state index >= 15 is 0 Å². The molecular formula is C43H57N3O13. The van der Waals surface area contributed by atoms with Crippen molar-refractivity contribution in [3.63, 3.8) is 0 Å². The van der Waals surface area contributed by atoms with Crippen LogP contribution >= 0.6 is 0 Å². The van der Waals surface area contributed by atoms with Crippen LogP contribution in [0.4, 0.5) is 5.69 Å². The fourth-order valence-electron chi connectivity index (χ4n) is 8.05. The van der Waals surface area contributed by atoms with Gasteiger partial charge in [-0.25, -0.2) is 0 Å². The number of methoxy groups -OCH3 is 1. The molecule has 322 valence electrons. The minimum Gasteiger partial charge on any atom is -0.507 e. The van der Waals surface area contributed by atoms with Gasteiger partial charge in [0.05, 0.1) is 65.6 Å². The summed E-state index contributed by atoms with van der Waals surface area (Å²) >= 11 is 0. The minimum absolute atomic E-state index is 0.0327. The number of nitrogens with zero attached hydrogens (tertiary/aromatic N) is 2. The second-order valence-electron chi connectivity index (χ2n) is 16.1. The molecule has 6 rings (SSSR count). The zero-order chi connectivity index (χ0) is 43.7. The standard InChI is InChI=1S/C43H57N3O13/c1-20-12-10-13-21(2)42(55)45-33-28(18-44-46-16-11-14-27(48)19-46)37(52)30-31(38(33)53)36(51)25(6)40-32(30)41(54)43(8,59-40)57-17-15-29(56-9)22(3)39(58-26(7)47)24(5)35(50)23(4)34(20)49/h10,12-13,15,17-18,20,22-24,27,29,34-35,39,48-53H,11,14,16,19H2,1-9H3,(H,45,55)/b12-10+,17-15+,21-13+,44-18-. The maximum absolute atomic E-state index is 14.4. The molecule has 1 fully saturated rings. The van der Waals surface area contributed by atoms with Gasteiger partial charge in [-0.1, -0.05) is 45.9 Å². The molecule has 10 unspecified atom stereocenters. The van der Waals surface area contributed by atoms with Crippen LogP contribution in [0, 0.1) is 30.6 Å². The predicted octanol–water partition coefficient (Wildman–Crippen LogP) is 4.54. The number of allylic oxidation sites excluding steroid dienone is 2. The molecule has 4 heterocycles. The number of fused-ring (bicyclic) bond motifs is 14. The molecule has 16 nitrogen and oxygen atoms in total. The van der Waals surface area contributed by atoms with Crippen molar-refractivity contribution in [1.82, 2.24) is 5.01 Å². The number of nitrogens with one attached hydrogen (secondary N) is 1. The number of amides is 1. The van der Waals surface area contributed by atoms with Crippen LogP contribution in [0.15, 0.2) is 41.2 Å². The summed E-state index contributed by atoms with van der Waals surface area (Å²) in [6.45, 7) is 13.1. The minimum atomic E-state index is -2.07. The number of Topliss-reactive ketones (excluding diaryl/α,β-unsaturated/α-hetero) is 1. The van der Waals surface area contributed by atoms with Crippen molar-refractivity contribution in [3.05, 3.63) is 52.8 Å². The Kier molecular flexibility index (Phi) is 13.7. The van der Waals surface area contributed by atoms with Crippen LogP contribution in [-0.4, -0.2) is 116 Å². The summed E-state index contributed by atoms with van der Waals surface area (Å²) in [4.78, 5) is 40.5. The molecule has 16 heteroatoms. The summed E-state index contributed by atoms with van der Waals surface area (Å²) < 4.78 is 23.5. The van der Waals surface area contributed by atoms with E-state index in [1.165, 1.54) is 59.4 Å². The molecule has 0 aromatic heterocycles. The Labute approximate surface area is 343 Å². The first-order valence-corrected chi connectivity index (χ1v) is 19.8. The van der Waals surface area contributed by atoms with E-state index in [0.29, 0.717) is 19.4 Å². The number of aromatic hydroxyl groups is 3. The van der Waals surface area contributed by atoms with Gasteiger partial charge in [0.2, 0.25) is 0 Å². The van der Waals surface area contributed by atoms with Gasteiger partial charge in [0, 0.05) is 67.7 Å². The number of carbonyl (C=O) groups is 3. The highest BCUT2D eigenvalue weighted by atomic mass is 16.7. The zero-order valence-electron chi connectivity index (χ0n) is 34.9. The molecule has 1 amide bonds. The molecule has 2 aromatic carbocycles. The summed E-state index contributed by atoms with van der Waals surface area (Å²) in [5, 5.41) is 76.6. The molecule has 10 atom stereocenters. The quantitative estimate of drug-likeness (QED) is 0.0971. The summed E-state index contributed by atoms with van der Waals surface area (Å²) in [5.41, 5.74) is -0.555. The van der Waals surface area contributed by atoms with Crippen LogP contribution in [0.1, 0.15) is 82.8 Å². The lowest BCUT2D eigenvalue weighted by Gasteiger charge is -2.38. The molecule has 59 heavy (non-hydrogen) atoms. The van der Waals surface area contributed by atoms with Gasteiger partial charge in [0.1, 0.15) is 23.4 Å². The van der Waals surface area contributed by atoms with Gasteiger partial charge < -0.3 is 54.9 Å². The second kappa shape index (κ2) is 18.0. The predicted molar refractivity (Wildman–Crippen MR) is 218 cm³/mol. The number of aliphatic hydroxyl groups is 3. The van der Waals surface area contributed by atoms with Crippen LogP contribution in [0.3, 0.4) is 0 Å². The van der Waals surface area contributed by atoms with E-state index in [4.69, 9.17) is 18.9 Å². The largest absolute Gasteiger partial charge is 0.507 e. The van der Waals surface area contributed by atoms with Gasteiger partial charge in [-0.15, -0.1) is 0 Å². The van der Waals surface area contributed by atoms with E-state index in [1.54, 1.807) is 44.9 Å². The Morgan fingerprint density at radius 2 is 1.68 bits per heavy atom. The van der Waals surface area contributed by atoms with E-state index in [9.17, 15) is 45.0 Å². The average Bonchev–Trinajstić information content (AvgIpc) is 3.46. The number of ether oxygens (including phenoxy) is 4. The highest BCUT2D eigenvalue weighted by molar-refractivity contribution is 6.23. The van der Waals surface area contributed by atoms with Crippen molar-refractivity contribution < 1.29 is 64.0 Å². The number of rotatable bonds is 4. The Bertz CT molecular complexity index is 2080. The Hall–Kier alpha value is -5.16. The van der Waals surface area contributed by atoms with Gasteiger partial charge >= 0.3 is 11.8 Å². The molecule has 7 N–H and O–H groups in total. The van der Waals surface area contributed by atoms with Gasteiger partial charge in [0.15, 0.2) is 5.75 Å². The molecule has 0 radical (unpaired) electrons. The summed E-state index contributed by atoms with van der Waals surface area (Å²) in [6.07, 6.45) is 5.20. The van der Waals surface area contributed by atoms with E-state index in [0.717, 1.165) is 0 Å². The number of carbonyl (C=O) groups excluding carboxylic acids is 3. The van der Waals surface area contributed by atoms with Gasteiger partial charge in [0.25, 0.3) is 11.7 Å². The number of aliphatic hydroxyl groups excluding tert-OH is 3. The zero-order valence-corrected chi connectivity index (χ0v) is 34.9. The number of hydrogen-bond acceptors (Lipinski definition) is 15. The fraction of sp³-hybridized carbons (Fsp3) is 0.535. The van der Waals surface area contributed by atoms with Crippen molar-refractivity contribution >= 4 is 40.3 Å². The first-order valence-electron chi connectivity index (χ1n) is 19.8. The number of β-amino-alcohol motifs (C(OH)–C–C–N with tert-alkyl or cyclic N) is 1. The number of esters is 1. The number of anilines is 1. The van der Waals surface area contributed by atoms with Crippen LogP contribution < -0.4 is 10.1 Å². The summed E-state index contributed by atoms with van der Waals surface area (Å²) in [6, 6.07) is 0. The van der Waals surface area contributed by atoms with Gasteiger partial charge in [-0.05, 0) is 32.8 Å². The number of ketones is 1. The third-order valence-corrected chi connectivity index (χ3v) is 11.8. The molecule has 2 aromatic rings. The van der Waals surface area contributed by atoms with Crippen LogP contribution in [0.25, 0.3) is 10.8 Å².